The van der Waals surface area contributed by atoms with Gasteiger partial charge in [0.15, 0.2) is 0 Å². The molecule has 0 aromatic heterocycles. The highest BCUT2D eigenvalue weighted by molar-refractivity contribution is 7.74. The molecule has 0 N–H and O–H groups in total. The maximum absolute atomic E-state index is 2.63. The number of hydrogen-bond acceptors (Lipinski definition) is 0. The van der Waals surface area contributed by atoms with Crippen molar-refractivity contribution >= 4 is 37.1 Å². The van der Waals surface area contributed by atoms with Gasteiger partial charge in [0.25, 0.3) is 0 Å². The standard InChI is InChI=1S/C54H80P2/c1-32(2)43-20-44(33(3)4)25-51(24-43)55(52-26-45(34(5)6)21-46(27-52)35(7)8)41(18)40(17)42(19)56(53-28-47(36(9)10)22-48(29-53)37(11)12)54-30-49(38(13)14)23-50(31-54)39(15)16/h20-42H,1-19H3. The smallest absolute Gasteiger partial charge is 0.0125 e. The predicted molar refractivity (Wildman–Crippen MR) is 259 cm³/mol. The zero-order chi connectivity index (χ0) is 41.9. The van der Waals surface area contributed by atoms with Crippen LogP contribution in [0.2, 0.25) is 0 Å². The SMILES string of the molecule is CC(C)c1cc(C(C)C)cc(P(c2cc(C(C)C)cc(C(C)C)c2)C(C)C(C)C(C)P(c2cc(C(C)C)cc(C(C)C)c2)c2cc(C(C)C)cc(C(C)C)c2)c1. The molecule has 0 aliphatic heterocycles. The highest BCUT2D eigenvalue weighted by Crippen LogP contribution is 2.52. The second-order valence-corrected chi connectivity index (χ2v) is 24.9. The first-order chi connectivity index (χ1) is 26.1. The average Bonchev–Trinajstić information content (AvgIpc) is 3.13. The lowest BCUT2D eigenvalue weighted by Gasteiger charge is -2.39. The minimum atomic E-state index is -0.666. The van der Waals surface area contributed by atoms with Crippen molar-refractivity contribution in [3.8, 4) is 0 Å². The summed E-state index contributed by atoms with van der Waals surface area (Å²) in [5, 5.41) is 6.26. The fraction of sp³-hybridized carbons (Fsp3) is 0.556. The molecule has 0 fully saturated rings. The van der Waals surface area contributed by atoms with E-state index >= 15 is 0 Å². The molecule has 2 unspecified atom stereocenters. The molecule has 0 bridgehead atoms. The maximum atomic E-state index is 2.63. The van der Waals surface area contributed by atoms with Crippen molar-refractivity contribution in [1.29, 1.82) is 0 Å². The summed E-state index contributed by atoms with van der Waals surface area (Å²) in [6.07, 6.45) is 0. The lowest BCUT2D eigenvalue weighted by atomic mass is 9.96. The fourth-order valence-electron chi connectivity index (χ4n) is 7.97. The summed E-state index contributed by atoms with van der Waals surface area (Å²) in [7, 11) is -1.33. The Morgan fingerprint density at radius 2 is 0.375 bits per heavy atom. The molecule has 2 atom stereocenters. The molecule has 0 saturated heterocycles. The number of rotatable bonds is 16. The van der Waals surface area contributed by atoms with Crippen molar-refractivity contribution in [2.24, 2.45) is 5.92 Å². The van der Waals surface area contributed by atoms with Gasteiger partial charge < -0.3 is 0 Å². The topological polar surface area (TPSA) is 0 Å². The molecule has 4 aromatic rings. The van der Waals surface area contributed by atoms with Gasteiger partial charge in [0.1, 0.15) is 0 Å². The van der Waals surface area contributed by atoms with Crippen LogP contribution in [0, 0.1) is 5.92 Å². The van der Waals surface area contributed by atoms with Gasteiger partial charge in [-0.1, -0.05) is 204 Å². The van der Waals surface area contributed by atoms with Crippen LogP contribution < -0.4 is 21.2 Å². The van der Waals surface area contributed by atoms with E-state index in [1.165, 1.54) is 44.5 Å². The Morgan fingerprint density at radius 3 is 0.500 bits per heavy atom. The van der Waals surface area contributed by atoms with E-state index in [2.05, 4.69) is 204 Å². The molecule has 4 rings (SSSR count). The molecule has 4 aromatic carbocycles. The minimum absolute atomic E-state index is 0.477. The third-order valence-corrected chi connectivity index (χ3v) is 18.5. The second kappa shape index (κ2) is 19.7. The molecule has 0 heterocycles. The average molecular weight is 791 g/mol. The van der Waals surface area contributed by atoms with E-state index in [-0.39, 0.29) is 0 Å². The summed E-state index contributed by atoms with van der Waals surface area (Å²) in [4.78, 5) is 0. The molecule has 0 radical (unpaired) electrons. The summed E-state index contributed by atoms with van der Waals surface area (Å²) >= 11 is 0. The highest BCUT2D eigenvalue weighted by atomic mass is 31.1. The van der Waals surface area contributed by atoms with E-state index in [9.17, 15) is 0 Å². The van der Waals surface area contributed by atoms with Crippen LogP contribution >= 0.6 is 15.8 Å². The minimum Gasteiger partial charge on any atom is -0.0613 e. The molecule has 0 spiro atoms. The van der Waals surface area contributed by atoms with Crippen LogP contribution in [-0.2, 0) is 0 Å². The normalized spacial score (nSPS) is 14.3. The largest absolute Gasteiger partial charge is 0.0613 e. The molecular weight excluding hydrogens is 711 g/mol. The Hall–Kier alpha value is -2.26. The highest BCUT2D eigenvalue weighted by Gasteiger charge is 2.35. The Morgan fingerprint density at radius 1 is 0.232 bits per heavy atom. The molecule has 0 aliphatic rings. The molecule has 0 aliphatic carbocycles. The Bertz CT molecular complexity index is 1520. The zero-order valence-corrected chi connectivity index (χ0v) is 41.0. The molecular formula is C54H80P2. The Labute approximate surface area is 349 Å². The third-order valence-electron chi connectivity index (χ3n) is 12.6. The van der Waals surface area contributed by atoms with E-state index in [1.807, 2.05) is 0 Å². The second-order valence-electron chi connectivity index (χ2n) is 19.7. The van der Waals surface area contributed by atoms with Crippen LogP contribution in [0.5, 0.6) is 0 Å². The molecule has 0 amide bonds. The number of hydrogen-bond donors (Lipinski definition) is 0. The van der Waals surface area contributed by atoms with E-state index < -0.39 is 15.8 Å². The van der Waals surface area contributed by atoms with Crippen LogP contribution in [0.25, 0.3) is 0 Å². The van der Waals surface area contributed by atoms with Gasteiger partial charge in [-0.15, -0.1) is 0 Å². The van der Waals surface area contributed by atoms with E-state index in [1.54, 1.807) is 21.2 Å². The van der Waals surface area contributed by atoms with Gasteiger partial charge in [0.2, 0.25) is 0 Å². The molecule has 306 valence electrons. The van der Waals surface area contributed by atoms with Crippen LogP contribution in [0.15, 0.2) is 72.8 Å². The van der Waals surface area contributed by atoms with Crippen molar-refractivity contribution < 1.29 is 0 Å². The van der Waals surface area contributed by atoms with Crippen molar-refractivity contribution in [2.75, 3.05) is 0 Å². The lowest BCUT2D eigenvalue weighted by molar-refractivity contribution is 0.564. The summed E-state index contributed by atoms with van der Waals surface area (Å²) in [5.41, 5.74) is 12.8. The molecule has 2 heteroatoms. The quantitative estimate of drug-likeness (QED) is 0.0992. The Kier molecular flexibility index (Phi) is 16.3. The van der Waals surface area contributed by atoms with E-state index in [4.69, 9.17) is 0 Å². The molecule has 56 heavy (non-hydrogen) atoms. The maximum Gasteiger partial charge on any atom is -0.0125 e. The van der Waals surface area contributed by atoms with Crippen LogP contribution in [0.4, 0.5) is 0 Å². The van der Waals surface area contributed by atoms with Crippen molar-refractivity contribution in [3.05, 3.63) is 117 Å². The lowest BCUT2D eigenvalue weighted by Crippen LogP contribution is -2.34. The van der Waals surface area contributed by atoms with Crippen LogP contribution in [0.3, 0.4) is 0 Å². The summed E-state index contributed by atoms with van der Waals surface area (Å²) in [6.45, 7) is 45.8. The van der Waals surface area contributed by atoms with Gasteiger partial charge in [-0.3, -0.25) is 0 Å². The number of benzene rings is 4. The first-order valence-corrected chi connectivity index (χ1v) is 25.1. The Balaban J connectivity index is 2.04. The van der Waals surface area contributed by atoms with Gasteiger partial charge in [-0.05, 0) is 146 Å². The van der Waals surface area contributed by atoms with Crippen LogP contribution in [0.1, 0.15) is 223 Å². The van der Waals surface area contributed by atoms with Gasteiger partial charge in [0.05, 0.1) is 0 Å². The fourth-order valence-corrected chi connectivity index (χ4v) is 14.3. The molecule has 0 nitrogen and oxygen atoms in total. The van der Waals surface area contributed by atoms with E-state index in [0.717, 1.165) is 0 Å². The first-order valence-electron chi connectivity index (χ1n) is 22.3. The van der Waals surface area contributed by atoms with Crippen LogP contribution in [-0.4, -0.2) is 11.3 Å². The first kappa shape index (κ1) is 46.4. The van der Waals surface area contributed by atoms with Gasteiger partial charge >= 0.3 is 0 Å². The summed E-state index contributed by atoms with van der Waals surface area (Å²) in [5.74, 6) is 4.40. The van der Waals surface area contributed by atoms with Crippen molar-refractivity contribution in [3.63, 3.8) is 0 Å². The van der Waals surface area contributed by atoms with Gasteiger partial charge in [-0.2, -0.15) is 0 Å². The summed E-state index contributed by atoms with van der Waals surface area (Å²) in [6, 6.07) is 30.9. The van der Waals surface area contributed by atoms with E-state index in [0.29, 0.717) is 64.6 Å². The van der Waals surface area contributed by atoms with Gasteiger partial charge in [0, 0.05) is 0 Å². The monoisotopic (exact) mass is 791 g/mol. The summed E-state index contributed by atoms with van der Waals surface area (Å²) < 4.78 is 0. The predicted octanol–water partition coefficient (Wildman–Crippen LogP) is 15.7. The third kappa shape index (κ3) is 11.1. The van der Waals surface area contributed by atoms with Crippen molar-refractivity contribution in [2.45, 2.75) is 190 Å². The molecule has 0 saturated carbocycles. The van der Waals surface area contributed by atoms with Crippen molar-refractivity contribution in [1.82, 2.24) is 0 Å². The zero-order valence-electron chi connectivity index (χ0n) is 39.2. The van der Waals surface area contributed by atoms with Gasteiger partial charge in [-0.25, -0.2) is 0 Å².